The van der Waals surface area contributed by atoms with Crippen LogP contribution in [0, 0.1) is 5.92 Å². The number of nitrogens with zero attached hydrogens (tertiary/aromatic N) is 2. The van der Waals surface area contributed by atoms with Gasteiger partial charge in [0.05, 0.1) is 26.4 Å². The Bertz CT molecular complexity index is 1980. The van der Waals surface area contributed by atoms with Crippen molar-refractivity contribution in [2.75, 3.05) is 26.1 Å². The lowest BCUT2D eigenvalue weighted by Crippen LogP contribution is -2.58. The molecule has 1 spiro atoms. The van der Waals surface area contributed by atoms with Crippen molar-refractivity contribution >= 4 is 29.0 Å². The quantitative estimate of drug-likeness (QED) is 0.192. The first-order valence-electron chi connectivity index (χ1n) is 16.8. The van der Waals surface area contributed by atoms with Crippen molar-refractivity contribution in [2.45, 2.75) is 70.3 Å². The predicted octanol–water partition coefficient (Wildman–Crippen LogP) is 5.93. The van der Waals surface area contributed by atoms with E-state index in [1.165, 1.54) is 57.6 Å². The summed E-state index contributed by atoms with van der Waals surface area (Å²) < 4.78 is 25.7. The molecule has 3 aliphatic rings. The number of Topliss-reactive ketones (excluding diaryl/α,β-unsaturated/α-hetero) is 2. The average Bonchev–Trinajstić information content (AvgIpc) is 3.42. The van der Waals surface area contributed by atoms with Gasteiger partial charge >= 0.3 is 5.69 Å². The van der Waals surface area contributed by atoms with E-state index >= 15 is 4.79 Å². The van der Waals surface area contributed by atoms with E-state index in [1.807, 2.05) is 24.3 Å². The third kappa shape index (κ3) is 5.42. The molecular formula is C37H42ClN3O8. The van der Waals surface area contributed by atoms with Gasteiger partial charge in [-0.25, -0.2) is 4.79 Å². The molecule has 6 rings (SSSR count). The molecule has 260 valence electrons. The van der Waals surface area contributed by atoms with Crippen molar-refractivity contribution in [3.05, 3.63) is 84.2 Å². The zero-order valence-corrected chi connectivity index (χ0v) is 29.5. The molecule has 0 saturated heterocycles. The van der Waals surface area contributed by atoms with Crippen LogP contribution in [0.15, 0.2) is 51.2 Å². The van der Waals surface area contributed by atoms with Gasteiger partial charge in [-0.05, 0) is 30.5 Å². The summed E-state index contributed by atoms with van der Waals surface area (Å²) in [5.74, 6) is -1.39. The van der Waals surface area contributed by atoms with Crippen molar-refractivity contribution in [2.24, 2.45) is 20.0 Å². The van der Waals surface area contributed by atoms with Crippen molar-refractivity contribution in [1.29, 1.82) is 0 Å². The molecular weight excluding hydrogens is 650 g/mol. The van der Waals surface area contributed by atoms with Gasteiger partial charge in [-0.1, -0.05) is 69.7 Å². The third-order valence-corrected chi connectivity index (χ3v) is 10.4. The highest BCUT2D eigenvalue weighted by Crippen LogP contribution is 2.56. The first-order valence-corrected chi connectivity index (χ1v) is 17.1. The van der Waals surface area contributed by atoms with E-state index in [0.717, 1.165) is 17.4 Å². The molecule has 0 fully saturated rings. The highest BCUT2D eigenvalue weighted by Gasteiger charge is 2.63. The number of fused-ring (bicyclic) bond motifs is 2. The summed E-state index contributed by atoms with van der Waals surface area (Å²) in [4.78, 5) is 56.5. The molecule has 2 aromatic carbocycles. The number of methoxy groups -OCH3 is 2. The summed E-state index contributed by atoms with van der Waals surface area (Å²) in [6, 6.07) is 8.76. The number of carbonyl (C=O) groups excluding carboxylic acids is 2. The maximum atomic E-state index is 15.1. The standard InChI is InChI=1S/C37H42ClN3O8/c1-7-8-9-10-11-12-17-48-22-15-13-21(14-16-22)26-27-23(39-34-29(26)35(44)41(4)36(45)40(34)3)18-20(2)37(32(27)42)33(43)28-24(46-5)19-25(47-6)30(38)31(28)49-37/h13-16,19-20,26,39H,7-12,17-18H2,1-6H3/t20-,26-,37+/m1/s1. The summed E-state index contributed by atoms with van der Waals surface area (Å²) >= 11 is 6.65. The van der Waals surface area contributed by atoms with Crippen LogP contribution in [0.25, 0.3) is 0 Å². The van der Waals surface area contributed by atoms with Crippen molar-refractivity contribution < 1.29 is 28.5 Å². The largest absolute Gasteiger partial charge is 0.496 e. The van der Waals surface area contributed by atoms with Gasteiger partial charge in [-0.3, -0.25) is 23.5 Å². The van der Waals surface area contributed by atoms with Crippen LogP contribution in [0.1, 0.15) is 86.2 Å². The number of hydrogen-bond acceptors (Lipinski definition) is 9. The number of benzene rings is 2. The lowest BCUT2D eigenvalue weighted by Gasteiger charge is -2.42. The van der Waals surface area contributed by atoms with Crippen molar-refractivity contribution in [3.63, 3.8) is 0 Å². The van der Waals surface area contributed by atoms with Crippen LogP contribution in [0.2, 0.25) is 5.02 Å². The van der Waals surface area contributed by atoms with E-state index in [4.69, 9.17) is 30.5 Å². The molecule has 3 heterocycles. The number of rotatable bonds is 11. The minimum atomic E-state index is -1.98. The monoisotopic (exact) mass is 691 g/mol. The maximum absolute atomic E-state index is 15.1. The second-order valence-corrected chi connectivity index (χ2v) is 13.4. The number of ether oxygens (including phenoxy) is 4. The topological polar surface area (TPSA) is 127 Å². The molecule has 0 saturated carbocycles. The van der Waals surface area contributed by atoms with Gasteiger partial charge in [-0.2, -0.15) is 0 Å². The fourth-order valence-corrected chi connectivity index (χ4v) is 7.62. The number of carbonyl (C=O) groups is 2. The van der Waals surface area contributed by atoms with Crippen LogP contribution >= 0.6 is 11.6 Å². The summed E-state index contributed by atoms with van der Waals surface area (Å²) in [6.45, 7) is 4.53. The van der Waals surface area contributed by atoms with Crippen molar-refractivity contribution in [1.82, 2.24) is 9.13 Å². The van der Waals surface area contributed by atoms with E-state index in [1.54, 1.807) is 14.0 Å². The molecule has 2 aliphatic heterocycles. The fourth-order valence-electron chi connectivity index (χ4n) is 7.35. The fraction of sp³-hybridized carbons (Fsp3) is 0.459. The molecule has 49 heavy (non-hydrogen) atoms. The van der Waals surface area contributed by atoms with Gasteiger partial charge in [0.15, 0.2) is 5.75 Å². The number of unbranched alkanes of at least 4 members (excludes halogenated alkanes) is 5. The van der Waals surface area contributed by atoms with Crippen molar-refractivity contribution in [3.8, 4) is 23.0 Å². The molecule has 1 aromatic heterocycles. The smallest absolute Gasteiger partial charge is 0.332 e. The Labute approximate surface area is 289 Å². The van der Waals surface area contributed by atoms with Crippen LogP contribution < -0.4 is 35.5 Å². The minimum Gasteiger partial charge on any atom is -0.496 e. The number of aromatic nitrogens is 2. The van der Waals surface area contributed by atoms with E-state index in [-0.39, 0.29) is 45.4 Å². The molecule has 0 bridgehead atoms. The van der Waals surface area contributed by atoms with Crippen LogP contribution in [-0.2, 0) is 18.9 Å². The third-order valence-electron chi connectivity index (χ3n) is 10.1. The van der Waals surface area contributed by atoms with Gasteiger partial charge in [0.1, 0.15) is 33.7 Å². The van der Waals surface area contributed by atoms with E-state index in [2.05, 4.69) is 12.2 Å². The Balaban J connectivity index is 1.43. The number of nitrogens with one attached hydrogen (secondary N) is 1. The molecule has 1 aliphatic carbocycles. The van der Waals surface area contributed by atoms with Crippen LogP contribution in [0.5, 0.6) is 23.0 Å². The Morgan fingerprint density at radius 3 is 2.29 bits per heavy atom. The van der Waals surface area contributed by atoms with Gasteiger partial charge in [-0.15, -0.1) is 0 Å². The molecule has 0 amide bonds. The van der Waals surface area contributed by atoms with E-state index in [9.17, 15) is 14.4 Å². The molecule has 11 nitrogen and oxygen atoms in total. The molecule has 3 aromatic rings. The summed E-state index contributed by atoms with van der Waals surface area (Å²) in [5, 5.41) is 3.29. The first kappa shape index (κ1) is 34.4. The second kappa shape index (κ2) is 13.4. The highest BCUT2D eigenvalue weighted by molar-refractivity contribution is 6.36. The van der Waals surface area contributed by atoms with Crippen LogP contribution in [0.3, 0.4) is 0 Å². The first-order chi connectivity index (χ1) is 23.5. The van der Waals surface area contributed by atoms with E-state index < -0.39 is 40.3 Å². The highest BCUT2D eigenvalue weighted by atomic mass is 35.5. The van der Waals surface area contributed by atoms with Crippen LogP contribution in [0.4, 0.5) is 5.82 Å². The number of ketones is 2. The number of hydrogen-bond donors (Lipinski definition) is 1. The summed E-state index contributed by atoms with van der Waals surface area (Å²) in [7, 11) is 5.82. The minimum absolute atomic E-state index is 0.0120. The lowest BCUT2D eigenvalue weighted by molar-refractivity contribution is -0.130. The maximum Gasteiger partial charge on any atom is 0.332 e. The Morgan fingerprint density at radius 1 is 0.939 bits per heavy atom. The van der Waals surface area contributed by atoms with Gasteiger partial charge in [0.25, 0.3) is 5.56 Å². The zero-order chi connectivity index (χ0) is 35.2. The van der Waals surface area contributed by atoms with Gasteiger partial charge in [0, 0.05) is 43.3 Å². The Hall–Kier alpha value is -4.51. The van der Waals surface area contributed by atoms with Crippen LogP contribution in [-0.4, -0.2) is 47.1 Å². The molecule has 0 radical (unpaired) electrons. The predicted molar refractivity (Wildman–Crippen MR) is 186 cm³/mol. The molecule has 12 heteroatoms. The Kier molecular flexibility index (Phi) is 9.41. The van der Waals surface area contributed by atoms with E-state index in [0.29, 0.717) is 29.4 Å². The molecule has 3 atom stereocenters. The average molecular weight is 692 g/mol. The van der Waals surface area contributed by atoms with Gasteiger partial charge < -0.3 is 24.3 Å². The zero-order valence-electron chi connectivity index (χ0n) is 28.7. The second-order valence-electron chi connectivity index (χ2n) is 13.0. The molecule has 1 N–H and O–H groups in total. The number of halogens is 1. The lowest BCUT2D eigenvalue weighted by atomic mass is 9.66. The Morgan fingerprint density at radius 2 is 1.61 bits per heavy atom. The number of anilines is 1. The number of allylic oxidation sites excluding steroid dienone is 1. The molecule has 0 unspecified atom stereocenters. The normalized spacial score (nSPS) is 20.8. The SMILES string of the molecule is CCCCCCCCOc1ccc([C@@H]2C3=C(C[C@@H](C)[C@]4(Oc5c(Cl)c(OC)cc(OC)c5C4=O)C3=O)Nc3c2c(=O)n(C)c(=O)n3C)cc1. The summed E-state index contributed by atoms with van der Waals surface area (Å²) in [5.41, 5.74) is -1.43. The van der Waals surface area contributed by atoms with Gasteiger partial charge in [0.2, 0.25) is 17.2 Å². The summed E-state index contributed by atoms with van der Waals surface area (Å²) in [6.07, 6.45) is 7.09.